The second-order valence-corrected chi connectivity index (χ2v) is 9.78. The number of hydrogen-bond donors (Lipinski definition) is 1. The molecule has 1 aliphatic rings. The fourth-order valence-corrected chi connectivity index (χ4v) is 5.43. The van der Waals surface area contributed by atoms with E-state index in [1.165, 1.54) is 11.1 Å². The van der Waals surface area contributed by atoms with Crippen molar-refractivity contribution in [2.24, 2.45) is 0 Å². The molecule has 4 aromatic carbocycles. The summed E-state index contributed by atoms with van der Waals surface area (Å²) in [5.74, 6) is 0.747. The Morgan fingerprint density at radius 3 is 2.03 bits per heavy atom. The van der Waals surface area contributed by atoms with Crippen LogP contribution in [0.15, 0.2) is 108 Å². The van der Waals surface area contributed by atoms with Crippen molar-refractivity contribution in [3.05, 3.63) is 114 Å². The summed E-state index contributed by atoms with van der Waals surface area (Å²) >= 11 is 0. The fraction of sp³-hybridized carbons (Fsp3) is 0.250. The van der Waals surface area contributed by atoms with Crippen LogP contribution in [0.3, 0.4) is 0 Å². The van der Waals surface area contributed by atoms with Crippen molar-refractivity contribution in [2.45, 2.75) is 12.1 Å². The van der Waals surface area contributed by atoms with Crippen LogP contribution in [0.1, 0.15) is 17.2 Å². The topological polar surface area (TPSA) is 49.1 Å². The highest BCUT2D eigenvalue weighted by molar-refractivity contribution is 6.05. The van der Waals surface area contributed by atoms with Crippen molar-refractivity contribution < 1.29 is 14.3 Å². The van der Waals surface area contributed by atoms with E-state index >= 15 is 0 Å². The Balaban J connectivity index is 1.05. The molecule has 1 atom stereocenters. The van der Waals surface area contributed by atoms with E-state index in [0.29, 0.717) is 6.54 Å². The molecule has 0 aliphatic carbocycles. The molecule has 0 radical (unpaired) electrons. The summed E-state index contributed by atoms with van der Waals surface area (Å²) in [4.78, 5) is 4.89. The maximum Gasteiger partial charge on any atom is 0.135 e. The average Bonchev–Trinajstić information content (AvgIpc) is 3.32. The van der Waals surface area contributed by atoms with Crippen molar-refractivity contribution in [1.82, 2.24) is 9.80 Å². The van der Waals surface area contributed by atoms with E-state index in [1.54, 1.807) is 0 Å². The van der Waals surface area contributed by atoms with Gasteiger partial charge in [0.25, 0.3) is 0 Å². The molecule has 0 saturated carbocycles. The van der Waals surface area contributed by atoms with Gasteiger partial charge in [0.2, 0.25) is 0 Å². The summed E-state index contributed by atoms with van der Waals surface area (Å²) in [6.45, 7) is 4.60. The van der Waals surface area contributed by atoms with Gasteiger partial charge in [0.1, 0.15) is 29.6 Å². The maximum atomic E-state index is 10.7. The minimum Gasteiger partial charge on any atom is -0.491 e. The number of furan rings is 1. The van der Waals surface area contributed by atoms with Gasteiger partial charge in [-0.15, -0.1) is 0 Å². The third-order valence-corrected chi connectivity index (χ3v) is 7.26. The van der Waals surface area contributed by atoms with Gasteiger partial charge in [-0.2, -0.15) is 0 Å². The number of rotatable bonds is 8. The highest BCUT2D eigenvalue weighted by Gasteiger charge is 2.27. The normalized spacial score (nSPS) is 15.9. The number of β-amino-alcohol motifs (C(OH)–C–C–N with tert-alkyl or cyclic N) is 1. The number of para-hydroxylation sites is 1. The molecule has 0 amide bonds. The summed E-state index contributed by atoms with van der Waals surface area (Å²) in [6.07, 6.45) is -0.553. The Hall–Kier alpha value is -3.64. The molecular formula is C32H32N2O3. The van der Waals surface area contributed by atoms with E-state index in [0.717, 1.165) is 53.9 Å². The lowest BCUT2D eigenvalue weighted by Crippen LogP contribution is -2.50. The van der Waals surface area contributed by atoms with Crippen molar-refractivity contribution in [2.75, 3.05) is 39.3 Å². The molecule has 0 bridgehead atoms. The lowest BCUT2D eigenvalue weighted by atomic mass is 9.96. The molecule has 1 aliphatic heterocycles. The van der Waals surface area contributed by atoms with E-state index in [-0.39, 0.29) is 12.6 Å². The summed E-state index contributed by atoms with van der Waals surface area (Å²) in [5, 5.41) is 12.8. The average molecular weight is 493 g/mol. The van der Waals surface area contributed by atoms with Crippen molar-refractivity contribution in [3.8, 4) is 5.75 Å². The molecule has 1 N–H and O–H groups in total. The Kier molecular flexibility index (Phi) is 6.91. The third kappa shape index (κ3) is 5.25. The Labute approximate surface area is 217 Å². The van der Waals surface area contributed by atoms with E-state index in [9.17, 15) is 5.11 Å². The van der Waals surface area contributed by atoms with E-state index in [1.807, 2.05) is 36.4 Å². The molecule has 6 rings (SSSR count). The number of piperazine rings is 1. The van der Waals surface area contributed by atoms with Gasteiger partial charge in [-0.25, -0.2) is 0 Å². The van der Waals surface area contributed by atoms with Gasteiger partial charge in [0, 0.05) is 43.5 Å². The van der Waals surface area contributed by atoms with Gasteiger partial charge in [0.05, 0.1) is 6.04 Å². The van der Waals surface area contributed by atoms with Crippen LogP contribution in [0.25, 0.3) is 21.9 Å². The Bertz CT molecular complexity index is 1400. The second kappa shape index (κ2) is 10.8. The van der Waals surface area contributed by atoms with Crippen molar-refractivity contribution in [1.29, 1.82) is 0 Å². The zero-order valence-corrected chi connectivity index (χ0v) is 20.9. The van der Waals surface area contributed by atoms with E-state index < -0.39 is 6.10 Å². The maximum absolute atomic E-state index is 10.7. The quantitative estimate of drug-likeness (QED) is 0.300. The molecular weight excluding hydrogens is 460 g/mol. The molecule has 1 saturated heterocycles. The van der Waals surface area contributed by atoms with Gasteiger partial charge in [0.15, 0.2) is 0 Å². The monoisotopic (exact) mass is 492 g/mol. The molecule has 37 heavy (non-hydrogen) atoms. The predicted molar refractivity (Wildman–Crippen MR) is 148 cm³/mol. The Morgan fingerprint density at radius 1 is 0.703 bits per heavy atom. The lowest BCUT2D eigenvalue weighted by molar-refractivity contribution is 0.0401. The molecule has 5 nitrogen and oxygen atoms in total. The first kappa shape index (κ1) is 23.7. The van der Waals surface area contributed by atoms with Crippen LogP contribution in [-0.2, 0) is 0 Å². The van der Waals surface area contributed by atoms with Gasteiger partial charge >= 0.3 is 0 Å². The summed E-state index contributed by atoms with van der Waals surface area (Å²) < 4.78 is 11.9. The van der Waals surface area contributed by atoms with Crippen LogP contribution in [0.5, 0.6) is 5.75 Å². The van der Waals surface area contributed by atoms with Crippen LogP contribution in [0.2, 0.25) is 0 Å². The van der Waals surface area contributed by atoms with Gasteiger partial charge in [-0.1, -0.05) is 78.9 Å². The zero-order valence-electron chi connectivity index (χ0n) is 20.9. The number of aliphatic hydroxyl groups excluding tert-OH is 1. The zero-order chi connectivity index (χ0) is 25.0. The fourth-order valence-electron chi connectivity index (χ4n) is 5.43. The first-order chi connectivity index (χ1) is 18.2. The van der Waals surface area contributed by atoms with Crippen LogP contribution < -0.4 is 4.74 Å². The van der Waals surface area contributed by atoms with Gasteiger partial charge < -0.3 is 14.3 Å². The standard InChI is InChI=1S/C32H32N2O3/c35-26(23-36-27-15-16-31-29(21-27)28-13-7-8-14-30(28)37-31)22-33-17-19-34(20-18-33)32(24-9-3-1-4-10-24)25-11-5-2-6-12-25/h1-16,21,26,32,35H,17-20,22-23H2/t26-/m0/s1. The smallest absolute Gasteiger partial charge is 0.135 e. The minimum atomic E-state index is -0.553. The number of fused-ring (bicyclic) bond motifs is 3. The highest BCUT2D eigenvalue weighted by atomic mass is 16.5. The predicted octanol–water partition coefficient (Wildman–Crippen LogP) is 5.73. The molecule has 0 spiro atoms. The second-order valence-electron chi connectivity index (χ2n) is 9.78. The highest BCUT2D eigenvalue weighted by Crippen LogP contribution is 2.32. The number of aliphatic hydroxyl groups is 1. The van der Waals surface area contributed by atoms with Crippen LogP contribution in [0.4, 0.5) is 0 Å². The summed E-state index contributed by atoms with van der Waals surface area (Å²) in [5.41, 5.74) is 4.35. The lowest BCUT2D eigenvalue weighted by Gasteiger charge is -2.40. The third-order valence-electron chi connectivity index (χ3n) is 7.26. The largest absolute Gasteiger partial charge is 0.491 e. The number of benzene rings is 4. The SMILES string of the molecule is O[C@H](COc1ccc2oc3ccccc3c2c1)CN1CCN(C(c2ccccc2)c2ccccc2)CC1. The number of ether oxygens (including phenoxy) is 1. The number of nitrogens with zero attached hydrogens (tertiary/aromatic N) is 2. The molecule has 0 unspecified atom stereocenters. The summed E-state index contributed by atoms with van der Waals surface area (Å²) in [7, 11) is 0. The van der Waals surface area contributed by atoms with Crippen molar-refractivity contribution in [3.63, 3.8) is 0 Å². The molecule has 188 valence electrons. The van der Waals surface area contributed by atoms with Crippen molar-refractivity contribution >= 4 is 21.9 Å². The van der Waals surface area contributed by atoms with E-state index in [4.69, 9.17) is 9.15 Å². The first-order valence-electron chi connectivity index (χ1n) is 13.0. The number of hydrogen-bond acceptors (Lipinski definition) is 5. The van der Waals surface area contributed by atoms with Gasteiger partial charge in [-0.3, -0.25) is 9.80 Å². The molecule has 5 heteroatoms. The van der Waals surface area contributed by atoms with Crippen LogP contribution in [0, 0.1) is 0 Å². The molecule has 2 heterocycles. The van der Waals surface area contributed by atoms with Gasteiger partial charge in [-0.05, 0) is 35.4 Å². The first-order valence-corrected chi connectivity index (χ1v) is 13.0. The molecule has 1 aromatic heterocycles. The van der Waals surface area contributed by atoms with E-state index in [2.05, 4.69) is 76.5 Å². The van der Waals surface area contributed by atoms with Crippen LogP contribution in [-0.4, -0.2) is 60.3 Å². The molecule has 5 aromatic rings. The minimum absolute atomic E-state index is 0.242. The van der Waals surface area contributed by atoms with Crippen LogP contribution >= 0.6 is 0 Å². The molecule has 1 fully saturated rings. The Morgan fingerprint density at radius 2 is 1.32 bits per heavy atom. The summed E-state index contributed by atoms with van der Waals surface area (Å²) in [6, 6.07) is 35.6.